The maximum atomic E-state index is 15.4. The first-order valence-corrected chi connectivity index (χ1v) is 15.2. The molecule has 1 aliphatic carbocycles. The van der Waals surface area contributed by atoms with Crippen LogP contribution in [-0.4, -0.2) is 41.4 Å². The van der Waals surface area contributed by atoms with E-state index < -0.39 is 41.5 Å². The van der Waals surface area contributed by atoms with Crippen molar-refractivity contribution < 1.29 is 36.3 Å². The molecular weight excluding hydrogens is 614 g/mol. The molecule has 2 aromatic heterocycles. The molecule has 1 aliphatic rings. The Bertz CT molecular complexity index is 1940. The van der Waals surface area contributed by atoms with Gasteiger partial charge in [0.15, 0.2) is 5.78 Å². The highest BCUT2D eigenvalue weighted by atomic mass is 19.3. The third kappa shape index (κ3) is 6.27. The number of Topliss-reactive ketones (excluding diaryl/α,β-unsaturated/α-hetero) is 1. The van der Waals surface area contributed by atoms with Crippen LogP contribution in [0.25, 0.3) is 33.4 Å². The molecule has 47 heavy (non-hydrogen) atoms. The van der Waals surface area contributed by atoms with Crippen molar-refractivity contribution in [1.82, 2.24) is 15.3 Å². The number of aromatic nitrogens is 2. The Balaban J connectivity index is 1.41. The van der Waals surface area contributed by atoms with E-state index in [0.717, 1.165) is 12.0 Å². The van der Waals surface area contributed by atoms with Crippen molar-refractivity contribution in [1.29, 1.82) is 0 Å². The van der Waals surface area contributed by atoms with Gasteiger partial charge in [0.1, 0.15) is 28.8 Å². The summed E-state index contributed by atoms with van der Waals surface area (Å²) in [5.74, 6) is -1.51. The molecule has 0 spiro atoms. The zero-order valence-corrected chi connectivity index (χ0v) is 25.7. The number of hydrogen-bond donors (Lipinski definition) is 1. The van der Waals surface area contributed by atoms with E-state index >= 15 is 4.39 Å². The average Bonchev–Trinajstić information content (AvgIpc) is 3.42. The van der Waals surface area contributed by atoms with Gasteiger partial charge in [-0.3, -0.25) is 9.59 Å². The van der Waals surface area contributed by atoms with Gasteiger partial charge in [0.25, 0.3) is 5.91 Å². The molecule has 1 amide bonds. The predicted molar refractivity (Wildman–Crippen MR) is 167 cm³/mol. The number of alkyl halides is 2. The minimum Gasteiger partial charge on any atom is -0.455 e. The zero-order chi connectivity index (χ0) is 33.3. The van der Waals surface area contributed by atoms with Crippen molar-refractivity contribution in [3.63, 3.8) is 0 Å². The van der Waals surface area contributed by atoms with Gasteiger partial charge >= 0.3 is 6.61 Å². The molecule has 0 unspecified atom stereocenters. The summed E-state index contributed by atoms with van der Waals surface area (Å²) in [6.45, 7) is -0.954. The quantitative estimate of drug-likeness (QED) is 0.115. The molecule has 6 rings (SSSR count). The Morgan fingerprint density at radius 2 is 1.72 bits per heavy atom. The number of hydrogen-bond acceptors (Lipinski definition) is 6. The normalized spacial score (nSPS) is 17.6. The summed E-state index contributed by atoms with van der Waals surface area (Å²) in [7, 11) is 1.50. The fourth-order valence-corrected chi connectivity index (χ4v) is 6.43. The summed E-state index contributed by atoms with van der Waals surface area (Å²) in [5.41, 5.74) is 2.16. The standard InChI is InChI=1S/C36H31F4N3O4/c1-3-5-21-15-30-27(31(33(45)41-2)32(47-30)20-6-9-23(37)10-7-20)16-25(21)22-8-11-28(38)26(14-22)29(44)19-36(34-42-12-4-13-43-34)17-24(18-36)46-35(39)40/h4,6-16,24,35H,3,5,17-19H2,1-2H3,(H,41,45). The van der Waals surface area contributed by atoms with Crippen LogP contribution in [-0.2, 0) is 16.6 Å². The summed E-state index contributed by atoms with van der Waals surface area (Å²) < 4.78 is 65.7. The van der Waals surface area contributed by atoms with Crippen LogP contribution in [0.15, 0.2) is 77.5 Å². The number of aryl methyl sites for hydroxylation is 1. The molecule has 2 heterocycles. The van der Waals surface area contributed by atoms with Crippen LogP contribution >= 0.6 is 0 Å². The maximum absolute atomic E-state index is 15.4. The van der Waals surface area contributed by atoms with E-state index in [2.05, 4.69) is 20.0 Å². The summed E-state index contributed by atoms with van der Waals surface area (Å²) >= 11 is 0. The van der Waals surface area contributed by atoms with Gasteiger partial charge in [-0.1, -0.05) is 19.4 Å². The second-order valence-corrected chi connectivity index (χ2v) is 11.7. The lowest BCUT2D eigenvalue weighted by Gasteiger charge is -2.45. The molecule has 0 bridgehead atoms. The monoisotopic (exact) mass is 645 g/mol. The second kappa shape index (κ2) is 13.1. The number of fused-ring (bicyclic) bond motifs is 1. The van der Waals surface area contributed by atoms with Gasteiger partial charge in [-0.05, 0) is 90.6 Å². The van der Waals surface area contributed by atoms with Crippen LogP contribution in [0, 0.1) is 11.6 Å². The van der Waals surface area contributed by atoms with Gasteiger partial charge in [-0.25, -0.2) is 18.7 Å². The first-order valence-electron chi connectivity index (χ1n) is 15.2. The van der Waals surface area contributed by atoms with Crippen LogP contribution in [0.2, 0.25) is 0 Å². The SMILES string of the molecule is CCCc1cc2oc(-c3ccc(F)cc3)c(C(=O)NC)c2cc1-c1ccc(F)c(C(=O)CC2(c3ncccn3)CC(OC(F)F)C2)c1. The number of furan rings is 1. The highest BCUT2D eigenvalue weighted by Crippen LogP contribution is 2.48. The first kappa shape index (κ1) is 32.1. The van der Waals surface area contributed by atoms with E-state index in [1.54, 1.807) is 18.2 Å². The van der Waals surface area contributed by atoms with Gasteiger partial charge in [0, 0.05) is 42.2 Å². The van der Waals surface area contributed by atoms with Crippen LogP contribution < -0.4 is 5.32 Å². The summed E-state index contributed by atoms with van der Waals surface area (Å²) in [5, 5.41) is 3.14. The smallest absolute Gasteiger partial charge is 0.345 e. The van der Waals surface area contributed by atoms with Crippen molar-refractivity contribution in [2.75, 3.05) is 7.05 Å². The fraction of sp³-hybridized carbons (Fsp3) is 0.278. The topological polar surface area (TPSA) is 94.3 Å². The fourth-order valence-electron chi connectivity index (χ4n) is 6.43. The third-order valence-electron chi connectivity index (χ3n) is 8.64. The number of carbonyl (C=O) groups is 2. The lowest BCUT2D eigenvalue weighted by molar-refractivity contribution is -0.196. The Morgan fingerprint density at radius 3 is 2.38 bits per heavy atom. The molecule has 0 radical (unpaired) electrons. The largest absolute Gasteiger partial charge is 0.455 e. The Labute approximate surface area is 268 Å². The lowest BCUT2D eigenvalue weighted by Crippen LogP contribution is -2.49. The maximum Gasteiger partial charge on any atom is 0.345 e. The molecule has 0 saturated heterocycles. The number of carbonyl (C=O) groups excluding carboxylic acids is 2. The minimum absolute atomic E-state index is 0.0882. The number of halogens is 4. The summed E-state index contributed by atoms with van der Waals surface area (Å²) in [4.78, 5) is 35.5. The summed E-state index contributed by atoms with van der Waals surface area (Å²) in [6, 6.07) is 15.1. The van der Waals surface area contributed by atoms with Crippen LogP contribution in [0.4, 0.5) is 17.6 Å². The molecule has 1 N–H and O–H groups in total. The van der Waals surface area contributed by atoms with Crippen LogP contribution in [0.1, 0.15) is 64.7 Å². The molecule has 1 saturated carbocycles. The molecule has 1 fully saturated rings. The van der Waals surface area contributed by atoms with Crippen molar-refractivity contribution in [3.8, 4) is 22.5 Å². The Hall–Kier alpha value is -4.90. The molecular formula is C36H31F4N3O4. The van der Waals surface area contributed by atoms with E-state index in [0.29, 0.717) is 39.9 Å². The van der Waals surface area contributed by atoms with Crippen molar-refractivity contribution in [2.45, 2.75) is 57.2 Å². The molecule has 7 nitrogen and oxygen atoms in total. The van der Waals surface area contributed by atoms with Gasteiger partial charge < -0.3 is 14.5 Å². The third-order valence-corrected chi connectivity index (χ3v) is 8.64. The predicted octanol–water partition coefficient (Wildman–Crippen LogP) is 8.06. The minimum atomic E-state index is -2.96. The van der Waals surface area contributed by atoms with Crippen LogP contribution in [0.5, 0.6) is 0 Å². The van der Waals surface area contributed by atoms with Gasteiger partial charge in [0.2, 0.25) is 0 Å². The van der Waals surface area contributed by atoms with E-state index in [-0.39, 0.29) is 36.1 Å². The molecule has 0 aliphatic heterocycles. The molecule has 0 atom stereocenters. The van der Waals surface area contributed by atoms with Crippen LogP contribution in [0.3, 0.4) is 0 Å². The van der Waals surface area contributed by atoms with E-state index in [1.165, 1.54) is 55.8 Å². The molecule has 5 aromatic rings. The molecule has 242 valence electrons. The number of ether oxygens (including phenoxy) is 1. The number of ketones is 1. The number of nitrogens with one attached hydrogen (secondary N) is 1. The van der Waals surface area contributed by atoms with E-state index in [9.17, 15) is 22.8 Å². The van der Waals surface area contributed by atoms with Crippen molar-refractivity contribution in [2.24, 2.45) is 0 Å². The van der Waals surface area contributed by atoms with Crippen molar-refractivity contribution in [3.05, 3.63) is 107 Å². The van der Waals surface area contributed by atoms with Crippen molar-refractivity contribution >= 4 is 22.7 Å². The summed E-state index contributed by atoms with van der Waals surface area (Å²) in [6.07, 6.45) is 3.59. The van der Waals surface area contributed by atoms with E-state index in [1.807, 2.05) is 13.0 Å². The van der Waals surface area contributed by atoms with E-state index in [4.69, 9.17) is 4.42 Å². The number of amides is 1. The van der Waals surface area contributed by atoms with Gasteiger partial charge in [-0.15, -0.1) is 0 Å². The zero-order valence-electron chi connectivity index (χ0n) is 25.7. The Kier molecular flexibility index (Phi) is 8.92. The first-order chi connectivity index (χ1) is 22.6. The number of benzene rings is 3. The Morgan fingerprint density at radius 1 is 1.02 bits per heavy atom. The molecule has 3 aromatic carbocycles. The van der Waals surface area contributed by atoms with Gasteiger partial charge in [0.05, 0.1) is 17.2 Å². The second-order valence-electron chi connectivity index (χ2n) is 11.7. The molecule has 11 heteroatoms. The van der Waals surface area contributed by atoms with Gasteiger partial charge in [-0.2, -0.15) is 8.78 Å². The highest BCUT2D eigenvalue weighted by molar-refractivity contribution is 6.12. The number of rotatable bonds is 11. The lowest BCUT2D eigenvalue weighted by atomic mass is 9.63. The average molecular weight is 646 g/mol. The number of nitrogens with zero attached hydrogens (tertiary/aromatic N) is 2. The highest BCUT2D eigenvalue weighted by Gasteiger charge is 2.50.